The zero-order valence-corrected chi connectivity index (χ0v) is 21.1. The summed E-state index contributed by atoms with van der Waals surface area (Å²) in [6.07, 6.45) is 2.05. The van der Waals surface area contributed by atoms with Gasteiger partial charge in [-0.25, -0.2) is 4.98 Å². The van der Waals surface area contributed by atoms with Gasteiger partial charge in [0.15, 0.2) is 0 Å². The number of rotatable bonds is 10. The van der Waals surface area contributed by atoms with E-state index in [4.69, 9.17) is 21.3 Å². The number of imidazole rings is 1. The van der Waals surface area contributed by atoms with Crippen LogP contribution in [0, 0.1) is 6.92 Å². The normalized spacial score (nSPS) is 11.4. The topological polar surface area (TPSA) is 27.1 Å². The molecule has 5 heteroatoms. The number of ether oxygens (including phenoxy) is 1. The van der Waals surface area contributed by atoms with E-state index >= 15 is 0 Å². The van der Waals surface area contributed by atoms with Gasteiger partial charge in [0.1, 0.15) is 11.6 Å². The number of hydrogen-bond donors (Lipinski definition) is 0. The summed E-state index contributed by atoms with van der Waals surface area (Å²) < 4.78 is 8.56. The van der Waals surface area contributed by atoms with Crippen LogP contribution >= 0.6 is 23.4 Å². The lowest BCUT2D eigenvalue weighted by Gasteiger charge is -2.15. The Morgan fingerprint density at radius 3 is 2.58 bits per heavy atom. The molecule has 0 N–H and O–H groups in total. The fourth-order valence-electron chi connectivity index (χ4n) is 3.96. The van der Waals surface area contributed by atoms with Crippen LogP contribution < -0.4 is 4.74 Å². The monoisotopic (exact) mass is 478 g/mol. The van der Waals surface area contributed by atoms with Gasteiger partial charge in [-0.15, -0.1) is 11.8 Å². The first-order valence-corrected chi connectivity index (χ1v) is 12.9. The zero-order valence-electron chi connectivity index (χ0n) is 19.6. The summed E-state index contributed by atoms with van der Waals surface area (Å²) in [5.74, 6) is 3.42. The Balaban J connectivity index is 1.38. The van der Waals surface area contributed by atoms with E-state index in [1.807, 2.05) is 12.1 Å². The van der Waals surface area contributed by atoms with Gasteiger partial charge in [0.25, 0.3) is 0 Å². The number of nitrogens with zero attached hydrogens (tertiary/aromatic N) is 2. The van der Waals surface area contributed by atoms with Crippen molar-refractivity contribution in [3.8, 4) is 5.75 Å². The number of hydrogen-bond acceptors (Lipinski definition) is 3. The number of aromatic nitrogens is 2. The van der Waals surface area contributed by atoms with E-state index in [1.165, 1.54) is 21.5 Å². The molecule has 0 fully saturated rings. The van der Waals surface area contributed by atoms with Gasteiger partial charge in [-0.3, -0.25) is 0 Å². The molecular weight excluding hydrogens is 448 g/mol. The molecule has 3 nitrogen and oxygen atoms in total. The van der Waals surface area contributed by atoms with Crippen LogP contribution in [0.15, 0.2) is 71.6 Å². The SMILES string of the molecule is Cc1ccc(C(C)C)c(OCCCCn2c(CSc3ccc(Cl)cc3)nc3ccccc32)c1. The van der Waals surface area contributed by atoms with Crippen LogP contribution in [0.2, 0.25) is 5.02 Å². The molecule has 1 heterocycles. The van der Waals surface area contributed by atoms with Gasteiger partial charge in [0.05, 0.1) is 23.4 Å². The summed E-state index contributed by atoms with van der Waals surface area (Å²) in [7, 11) is 0. The Bertz CT molecular complexity index is 1200. The predicted octanol–water partition coefficient (Wildman–Crippen LogP) is 8.27. The smallest absolute Gasteiger partial charge is 0.122 e. The maximum absolute atomic E-state index is 6.19. The summed E-state index contributed by atoms with van der Waals surface area (Å²) >= 11 is 7.82. The molecule has 33 heavy (non-hydrogen) atoms. The van der Waals surface area contributed by atoms with E-state index in [1.54, 1.807) is 11.8 Å². The number of thioether (sulfide) groups is 1. The Hall–Kier alpha value is -2.43. The minimum absolute atomic E-state index is 0.457. The second kappa shape index (κ2) is 11.1. The molecule has 0 unspecified atom stereocenters. The van der Waals surface area contributed by atoms with Crippen molar-refractivity contribution in [1.29, 1.82) is 0 Å². The maximum atomic E-state index is 6.19. The lowest BCUT2D eigenvalue weighted by atomic mass is 10.0. The quantitative estimate of drug-likeness (QED) is 0.169. The van der Waals surface area contributed by atoms with Crippen LogP contribution in [0.1, 0.15) is 49.6 Å². The van der Waals surface area contributed by atoms with Gasteiger partial charge in [-0.1, -0.05) is 49.7 Å². The van der Waals surface area contributed by atoms with Crippen LogP contribution in [-0.4, -0.2) is 16.2 Å². The van der Waals surface area contributed by atoms with E-state index in [2.05, 4.69) is 79.9 Å². The third-order valence-corrected chi connectivity index (χ3v) is 7.00. The van der Waals surface area contributed by atoms with Gasteiger partial charge < -0.3 is 9.30 Å². The number of para-hydroxylation sites is 2. The third kappa shape index (κ3) is 6.13. The molecule has 3 aromatic carbocycles. The molecule has 0 bridgehead atoms. The van der Waals surface area contributed by atoms with Gasteiger partial charge in [-0.2, -0.15) is 0 Å². The number of benzene rings is 3. The molecular formula is C28H31ClN2OS. The zero-order chi connectivity index (χ0) is 23.2. The average molecular weight is 479 g/mol. The maximum Gasteiger partial charge on any atom is 0.122 e. The molecule has 0 aliphatic heterocycles. The third-order valence-electron chi connectivity index (χ3n) is 5.74. The molecule has 0 aliphatic rings. The molecule has 0 aliphatic carbocycles. The van der Waals surface area contributed by atoms with Crippen LogP contribution in [0.25, 0.3) is 11.0 Å². The summed E-state index contributed by atoms with van der Waals surface area (Å²) in [4.78, 5) is 6.12. The minimum Gasteiger partial charge on any atom is -0.493 e. The van der Waals surface area contributed by atoms with Crippen molar-refractivity contribution in [1.82, 2.24) is 9.55 Å². The molecule has 4 aromatic rings. The minimum atomic E-state index is 0.457. The highest BCUT2D eigenvalue weighted by molar-refractivity contribution is 7.98. The van der Waals surface area contributed by atoms with Crippen LogP contribution in [0.5, 0.6) is 5.75 Å². The number of halogens is 1. The van der Waals surface area contributed by atoms with Crippen molar-refractivity contribution in [2.24, 2.45) is 0 Å². The first-order valence-electron chi connectivity index (χ1n) is 11.6. The number of aryl methyl sites for hydroxylation is 2. The largest absolute Gasteiger partial charge is 0.493 e. The summed E-state index contributed by atoms with van der Waals surface area (Å²) in [6, 6.07) is 22.9. The van der Waals surface area contributed by atoms with E-state index in [9.17, 15) is 0 Å². The van der Waals surface area contributed by atoms with Crippen molar-refractivity contribution >= 4 is 34.4 Å². The van der Waals surface area contributed by atoms with Gasteiger partial charge >= 0.3 is 0 Å². The highest BCUT2D eigenvalue weighted by Crippen LogP contribution is 2.28. The predicted molar refractivity (Wildman–Crippen MR) is 141 cm³/mol. The Kier molecular flexibility index (Phi) is 8.00. The number of unbranched alkanes of at least 4 members (excludes halogenated alkanes) is 1. The Labute approximate surface area is 206 Å². The lowest BCUT2D eigenvalue weighted by molar-refractivity contribution is 0.299. The highest BCUT2D eigenvalue weighted by Gasteiger charge is 2.12. The molecule has 0 radical (unpaired) electrons. The van der Waals surface area contributed by atoms with E-state index in [-0.39, 0.29) is 0 Å². The fraction of sp³-hybridized carbons (Fsp3) is 0.321. The molecule has 0 amide bonds. The molecule has 0 saturated carbocycles. The van der Waals surface area contributed by atoms with E-state index in [0.29, 0.717) is 5.92 Å². The van der Waals surface area contributed by atoms with Gasteiger partial charge in [-0.05, 0) is 79.3 Å². The second-order valence-corrected chi connectivity index (χ2v) is 10.1. The van der Waals surface area contributed by atoms with Crippen LogP contribution in [0.3, 0.4) is 0 Å². The van der Waals surface area contributed by atoms with Crippen molar-refractivity contribution in [3.05, 3.63) is 88.7 Å². The number of fused-ring (bicyclic) bond motifs is 1. The van der Waals surface area contributed by atoms with Crippen LogP contribution in [0.4, 0.5) is 0 Å². The first kappa shape index (κ1) is 23.7. The van der Waals surface area contributed by atoms with Gasteiger partial charge in [0.2, 0.25) is 0 Å². The van der Waals surface area contributed by atoms with Crippen molar-refractivity contribution < 1.29 is 4.74 Å². The van der Waals surface area contributed by atoms with Crippen molar-refractivity contribution in [2.75, 3.05) is 6.61 Å². The van der Waals surface area contributed by atoms with E-state index < -0.39 is 0 Å². The van der Waals surface area contributed by atoms with Crippen molar-refractivity contribution in [3.63, 3.8) is 0 Å². The molecule has 0 atom stereocenters. The first-order chi connectivity index (χ1) is 16.0. The summed E-state index contributed by atoms with van der Waals surface area (Å²) in [5.41, 5.74) is 4.78. The molecule has 0 saturated heterocycles. The lowest BCUT2D eigenvalue weighted by Crippen LogP contribution is -2.06. The van der Waals surface area contributed by atoms with Crippen molar-refractivity contribution in [2.45, 2.75) is 56.7 Å². The molecule has 172 valence electrons. The highest BCUT2D eigenvalue weighted by atomic mass is 35.5. The van der Waals surface area contributed by atoms with Crippen LogP contribution in [-0.2, 0) is 12.3 Å². The summed E-state index contributed by atoms with van der Waals surface area (Å²) in [6.45, 7) is 8.21. The Morgan fingerprint density at radius 2 is 1.79 bits per heavy atom. The molecule has 0 spiro atoms. The fourth-order valence-corrected chi connectivity index (χ4v) is 4.93. The summed E-state index contributed by atoms with van der Waals surface area (Å²) in [5, 5.41) is 0.764. The second-order valence-electron chi connectivity index (χ2n) is 8.66. The Morgan fingerprint density at radius 1 is 1.00 bits per heavy atom. The van der Waals surface area contributed by atoms with E-state index in [0.717, 1.165) is 53.9 Å². The molecule has 4 rings (SSSR count). The average Bonchev–Trinajstić information content (AvgIpc) is 3.16. The molecule has 1 aromatic heterocycles. The van der Waals surface area contributed by atoms with Gasteiger partial charge in [0, 0.05) is 16.5 Å². The standard InChI is InChI=1S/C28H31ClN2OS/c1-20(2)24-15-10-21(3)18-27(24)32-17-7-6-16-31-26-9-5-4-8-25(26)30-28(31)19-33-23-13-11-22(29)12-14-23/h4-5,8-15,18,20H,6-7,16-17,19H2,1-3H3.